The van der Waals surface area contributed by atoms with Gasteiger partial charge in [-0.2, -0.15) is 0 Å². The van der Waals surface area contributed by atoms with Crippen LogP contribution in [0.2, 0.25) is 0 Å². The maximum atomic E-state index is 2.45. The minimum atomic E-state index is -0.424. The molecule has 0 aromatic heterocycles. The lowest BCUT2D eigenvalue weighted by Crippen LogP contribution is -2.28. The Morgan fingerprint density at radius 1 is 0.318 bits per heavy atom. The van der Waals surface area contributed by atoms with Crippen molar-refractivity contribution in [3.8, 4) is 33.4 Å². The second-order valence-corrected chi connectivity index (χ2v) is 11.7. The normalized spacial score (nSPS) is 13.2. The molecule has 0 aliphatic heterocycles. The first-order chi connectivity index (χ1) is 21.9. The van der Waals surface area contributed by atoms with Crippen molar-refractivity contribution in [3.63, 3.8) is 0 Å². The molecule has 0 atom stereocenters. The Morgan fingerprint density at radius 3 is 1.34 bits per heavy atom. The van der Waals surface area contributed by atoms with Gasteiger partial charge in [0, 0.05) is 16.9 Å². The van der Waals surface area contributed by atoms with Crippen molar-refractivity contribution in [1.82, 2.24) is 0 Å². The SMILES string of the molecule is c1ccc(-c2ccc(N(c3ccccc3)c3cccc4c3C3(c5ccccc5-c5ccccc53)c3ccccc3-4)cc2)cc1. The van der Waals surface area contributed by atoms with E-state index < -0.39 is 5.41 Å². The van der Waals surface area contributed by atoms with Gasteiger partial charge < -0.3 is 4.90 Å². The van der Waals surface area contributed by atoms with Gasteiger partial charge in [-0.15, -0.1) is 0 Å². The van der Waals surface area contributed by atoms with Gasteiger partial charge >= 0.3 is 0 Å². The minimum absolute atomic E-state index is 0.424. The zero-order valence-corrected chi connectivity index (χ0v) is 24.2. The first-order valence-electron chi connectivity index (χ1n) is 15.3. The van der Waals surface area contributed by atoms with Gasteiger partial charge in [0.1, 0.15) is 0 Å². The highest BCUT2D eigenvalue weighted by Crippen LogP contribution is 2.65. The molecular formula is C43H29N. The molecule has 206 valence electrons. The molecule has 2 aliphatic carbocycles. The second kappa shape index (κ2) is 9.69. The van der Waals surface area contributed by atoms with Crippen LogP contribution < -0.4 is 4.90 Å². The van der Waals surface area contributed by atoms with Gasteiger partial charge in [-0.25, -0.2) is 0 Å². The first kappa shape index (κ1) is 24.9. The third-order valence-electron chi connectivity index (χ3n) is 9.48. The van der Waals surface area contributed by atoms with Gasteiger partial charge in [0.05, 0.1) is 11.1 Å². The summed E-state index contributed by atoms with van der Waals surface area (Å²) < 4.78 is 0. The smallest absolute Gasteiger partial charge is 0.0746 e. The van der Waals surface area contributed by atoms with Crippen LogP contribution in [0.1, 0.15) is 22.3 Å². The lowest BCUT2D eigenvalue weighted by molar-refractivity contribution is 0.793. The summed E-state index contributed by atoms with van der Waals surface area (Å²) in [6.07, 6.45) is 0. The molecule has 0 heterocycles. The standard InChI is InChI=1S/C43H29N/c1-3-14-30(15-4-1)31-26-28-33(29-27-31)44(32-16-5-2-6-17-32)41-25-13-21-37-36-20-9-12-24-40(36)43(42(37)41)38-22-10-7-18-34(38)35-19-8-11-23-39(35)43/h1-29H. The van der Waals surface area contributed by atoms with Crippen LogP contribution in [0, 0.1) is 0 Å². The average Bonchev–Trinajstić information content (AvgIpc) is 3.58. The van der Waals surface area contributed by atoms with Gasteiger partial charge in [0.15, 0.2) is 0 Å². The molecule has 7 aromatic carbocycles. The Balaban J connectivity index is 1.35. The molecule has 1 spiro atoms. The fraction of sp³-hybridized carbons (Fsp3) is 0.0233. The summed E-state index contributed by atoms with van der Waals surface area (Å²) in [5.74, 6) is 0. The fourth-order valence-corrected chi connectivity index (χ4v) is 7.76. The summed E-state index contributed by atoms with van der Waals surface area (Å²) in [6.45, 7) is 0. The Morgan fingerprint density at radius 2 is 0.750 bits per heavy atom. The van der Waals surface area contributed by atoms with Gasteiger partial charge in [0.25, 0.3) is 0 Å². The Hall–Kier alpha value is -5.66. The van der Waals surface area contributed by atoms with E-state index in [1.165, 1.54) is 61.3 Å². The van der Waals surface area contributed by atoms with E-state index in [2.05, 4.69) is 181 Å². The van der Waals surface area contributed by atoms with Crippen LogP contribution in [0.25, 0.3) is 33.4 Å². The minimum Gasteiger partial charge on any atom is -0.310 e. The maximum absolute atomic E-state index is 2.45. The van der Waals surface area contributed by atoms with E-state index in [0.29, 0.717) is 0 Å². The molecule has 1 nitrogen and oxygen atoms in total. The van der Waals surface area contributed by atoms with Crippen LogP contribution in [0.5, 0.6) is 0 Å². The van der Waals surface area contributed by atoms with Gasteiger partial charge in [0.2, 0.25) is 0 Å². The zero-order chi connectivity index (χ0) is 29.1. The molecule has 0 radical (unpaired) electrons. The number of rotatable bonds is 4. The molecule has 0 N–H and O–H groups in total. The van der Waals surface area contributed by atoms with E-state index in [4.69, 9.17) is 0 Å². The number of benzene rings is 7. The van der Waals surface area contributed by atoms with Crippen LogP contribution >= 0.6 is 0 Å². The third-order valence-corrected chi connectivity index (χ3v) is 9.48. The molecular weight excluding hydrogens is 530 g/mol. The lowest BCUT2D eigenvalue weighted by Gasteiger charge is -2.35. The highest BCUT2D eigenvalue weighted by atomic mass is 15.1. The van der Waals surface area contributed by atoms with E-state index in [9.17, 15) is 0 Å². The Kier molecular flexibility index (Phi) is 5.48. The van der Waals surface area contributed by atoms with Crippen LogP contribution in [0.15, 0.2) is 176 Å². The van der Waals surface area contributed by atoms with E-state index in [1.807, 2.05) is 0 Å². The van der Waals surface area contributed by atoms with Crippen molar-refractivity contribution in [2.24, 2.45) is 0 Å². The summed E-state index contributed by atoms with van der Waals surface area (Å²) in [7, 11) is 0. The van der Waals surface area contributed by atoms with Crippen molar-refractivity contribution in [3.05, 3.63) is 198 Å². The van der Waals surface area contributed by atoms with Crippen LogP contribution in [-0.4, -0.2) is 0 Å². The molecule has 9 rings (SSSR count). The van der Waals surface area contributed by atoms with E-state index in [0.717, 1.165) is 11.4 Å². The molecule has 44 heavy (non-hydrogen) atoms. The van der Waals surface area contributed by atoms with Gasteiger partial charge in [-0.05, 0) is 80.4 Å². The maximum Gasteiger partial charge on any atom is 0.0746 e. The molecule has 0 unspecified atom stereocenters. The third kappa shape index (κ3) is 3.41. The predicted octanol–water partition coefficient (Wildman–Crippen LogP) is 11.2. The Labute approximate surface area is 258 Å². The quantitative estimate of drug-likeness (QED) is 0.207. The number of para-hydroxylation sites is 1. The van der Waals surface area contributed by atoms with Crippen molar-refractivity contribution in [2.45, 2.75) is 5.41 Å². The summed E-state index contributed by atoms with van der Waals surface area (Å²) in [6, 6.07) is 64.3. The fourth-order valence-electron chi connectivity index (χ4n) is 7.76. The van der Waals surface area contributed by atoms with E-state index >= 15 is 0 Å². The molecule has 2 aliphatic rings. The number of fused-ring (bicyclic) bond motifs is 10. The highest BCUT2D eigenvalue weighted by Gasteiger charge is 2.53. The molecule has 7 aromatic rings. The number of anilines is 3. The van der Waals surface area contributed by atoms with Crippen molar-refractivity contribution in [2.75, 3.05) is 4.90 Å². The molecule has 0 saturated carbocycles. The van der Waals surface area contributed by atoms with Crippen LogP contribution in [-0.2, 0) is 5.41 Å². The monoisotopic (exact) mass is 559 g/mol. The zero-order valence-electron chi connectivity index (χ0n) is 24.2. The highest BCUT2D eigenvalue weighted by molar-refractivity contribution is 5.99. The summed E-state index contributed by atoms with van der Waals surface area (Å²) in [4.78, 5) is 2.45. The van der Waals surface area contributed by atoms with E-state index in [-0.39, 0.29) is 0 Å². The number of hydrogen-bond acceptors (Lipinski definition) is 1. The number of nitrogens with zero attached hydrogens (tertiary/aromatic N) is 1. The largest absolute Gasteiger partial charge is 0.310 e. The first-order valence-corrected chi connectivity index (χ1v) is 15.3. The summed E-state index contributed by atoms with van der Waals surface area (Å²) >= 11 is 0. The van der Waals surface area contributed by atoms with E-state index in [1.54, 1.807) is 0 Å². The van der Waals surface area contributed by atoms with Crippen molar-refractivity contribution in [1.29, 1.82) is 0 Å². The van der Waals surface area contributed by atoms with Crippen molar-refractivity contribution >= 4 is 17.1 Å². The molecule has 0 saturated heterocycles. The van der Waals surface area contributed by atoms with Gasteiger partial charge in [-0.1, -0.05) is 146 Å². The summed E-state index contributed by atoms with van der Waals surface area (Å²) in [5, 5.41) is 0. The topological polar surface area (TPSA) is 3.24 Å². The Bertz CT molecular complexity index is 2100. The predicted molar refractivity (Wildman–Crippen MR) is 183 cm³/mol. The molecule has 0 amide bonds. The lowest BCUT2D eigenvalue weighted by atomic mass is 9.70. The van der Waals surface area contributed by atoms with Crippen LogP contribution in [0.4, 0.5) is 17.1 Å². The second-order valence-electron chi connectivity index (χ2n) is 11.7. The van der Waals surface area contributed by atoms with Gasteiger partial charge in [-0.3, -0.25) is 0 Å². The average molecular weight is 560 g/mol. The molecule has 0 bridgehead atoms. The number of hydrogen-bond donors (Lipinski definition) is 0. The van der Waals surface area contributed by atoms with Crippen LogP contribution in [0.3, 0.4) is 0 Å². The summed E-state index contributed by atoms with van der Waals surface area (Å²) in [5.41, 5.74) is 16.1. The molecule has 0 fully saturated rings. The van der Waals surface area contributed by atoms with Crippen molar-refractivity contribution < 1.29 is 0 Å². The molecule has 1 heteroatoms.